The molecule has 0 saturated carbocycles. The van der Waals surface area contributed by atoms with Crippen LogP contribution in [0, 0.1) is 0 Å². The number of carboxylic acids is 1. The number of amides is 1. The Morgan fingerprint density at radius 3 is 2.17 bits per heavy atom. The molecule has 0 fully saturated rings. The molecule has 0 rings (SSSR count). The van der Waals surface area contributed by atoms with Gasteiger partial charge in [0.25, 0.3) is 0 Å². The third-order valence-electron chi connectivity index (χ3n) is 1.98. The van der Waals surface area contributed by atoms with Gasteiger partial charge in [-0.15, -0.1) is 11.6 Å². The number of carbonyl (C=O) groups is 3. The first kappa shape index (κ1) is 23.2. The topological polar surface area (TPSA) is 131 Å². The number of aliphatic imine (C=N–C) groups is 1. The van der Waals surface area contributed by atoms with E-state index in [2.05, 4.69) is 15.0 Å². The van der Waals surface area contributed by atoms with Gasteiger partial charge in [0.05, 0.1) is 13.0 Å². The van der Waals surface area contributed by atoms with Gasteiger partial charge in [0.2, 0.25) is 5.91 Å². The second kappa shape index (κ2) is 11.5. The van der Waals surface area contributed by atoms with Crippen molar-refractivity contribution in [3.8, 4) is 0 Å². The van der Waals surface area contributed by atoms with Crippen LogP contribution in [0.5, 0.6) is 0 Å². The molecule has 0 aromatic rings. The second-order valence-corrected chi connectivity index (χ2v) is 4.14. The van der Waals surface area contributed by atoms with Crippen LogP contribution in [0.15, 0.2) is 4.99 Å². The van der Waals surface area contributed by atoms with E-state index in [0.29, 0.717) is 18.8 Å². The van der Waals surface area contributed by atoms with Crippen LogP contribution in [-0.4, -0.2) is 60.5 Å². The molecule has 0 radical (unpaired) electrons. The quantitative estimate of drug-likeness (QED) is 0.269. The van der Waals surface area contributed by atoms with E-state index < -0.39 is 24.2 Å². The summed E-state index contributed by atoms with van der Waals surface area (Å²) in [5, 5.41) is 9.59. The number of halogens is 4. The van der Waals surface area contributed by atoms with Crippen molar-refractivity contribution in [2.45, 2.75) is 25.6 Å². The van der Waals surface area contributed by atoms with Gasteiger partial charge in [0.1, 0.15) is 11.9 Å². The second-order valence-electron chi connectivity index (χ2n) is 3.87. The van der Waals surface area contributed by atoms with E-state index in [1.807, 2.05) is 0 Å². The number of ether oxygens (including phenoxy) is 1. The van der Waals surface area contributed by atoms with Crippen molar-refractivity contribution < 1.29 is 37.4 Å². The molecule has 0 bridgehead atoms. The summed E-state index contributed by atoms with van der Waals surface area (Å²) in [6.45, 7) is 1.63. The number of rotatable bonds is 6. The van der Waals surface area contributed by atoms with Gasteiger partial charge in [-0.25, -0.2) is 9.59 Å². The molecule has 0 aromatic carbocycles. The van der Waals surface area contributed by atoms with Crippen molar-refractivity contribution in [1.29, 1.82) is 0 Å². The Morgan fingerprint density at radius 2 is 1.87 bits per heavy atom. The van der Waals surface area contributed by atoms with Crippen LogP contribution in [-0.2, 0) is 19.1 Å². The number of nitrogens with two attached hydrogens (primary N) is 1. The molecule has 12 heteroatoms. The van der Waals surface area contributed by atoms with Gasteiger partial charge in [0.15, 0.2) is 0 Å². The van der Waals surface area contributed by atoms with Gasteiger partial charge in [-0.1, -0.05) is 0 Å². The molecule has 134 valence electrons. The lowest BCUT2D eigenvalue weighted by Gasteiger charge is -2.13. The number of aliphatic carboxylic acids is 1. The predicted octanol–water partition coefficient (Wildman–Crippen LogP) is 0.283. The van der Waals surface area contributed by atoms with Crippen LogP contribution in [0.4, 0.5) is 13.2 Å². The molecule has 0 aliphatic heterocycles. The van der Waals surface area contributed by atoms with Gasteiger partial charge >= 0.3 is 18.1 Å². The van der Waals surface area contributed by atoms with Crippen LogP contribution >= 0.6 is 11.6 Å². The molecule has 0 aromatic heterocycles. The first-order chi connectivity index (χ1) is 10.4. The van der Waals surface area contributed by atoms with Crippen LogP contribution in [0.25, 0.3) is 0 Å². The lowest BCUT2D eigenvalue weighted by molar-refractivity contribution is -0.192. The number of hydrogen-bond donors (Lipinski definition) is 3. The van der Waals surface area contributed by atoms with Gasteiger partial charge in [-0.2, -0.15) is 13.2 Å². The zero-order valence-corrected chi connectivity index (χ0v) is 13.1. The maximum atomic E-state index is 11.3. The SMILES string of the molecule is COC(=O)[C@H](CCN=C(N)CCl)NC(C)=O.O=C(O)C(F)(F)F. The van der Waals surface area contributed by atoms with Crippen LogP contribution in [0.3, 0.4) is 0 Å². The highest BCUT2D eigenvalue weighted by atomic mass is 35.5. The maximum absolute atomic E-state index is 11.3. The van der Waals surface area contributed by atoms with Crippen molar-refractivity contribution in [2.75, 3.05) is 19.5 Å². The third kappa shape index (κ3) is 13.4. The molecule has 1 amide bonds. The van der Waals surface area contributed by atoms with E-state index in [1.165, 1.54) is 14.0 Å². The number of methoxy groups -OCH3 is 1. The number of carbonyl (C=O) groups excluding carboxylic acids is 2. The van der Waals surface area contributed by atoms with Crippen molar-refractivity contribution >= 4 is 35.3 Å². The Kier molecular flexibility index (Phi) is 11.6. The van der Waals surface area contributed by atoms with E-state index >= 15 is 0 Å². The van der Waals surface area contributed by atoms with Gasteiger partial charge < -0.3 is 20.9 Å². The fraction of sp³-hybridized carbons (Fsp3) is 0.636. The lowest BCUT2D eigenvalue weighted by atomic mass is 10.2. The van der Waals surface area contributed by atoms with E-state index in [-0.39, 0.29) is 11.8 Å². The van der Waals surface area contributed by atoms with E-state index in [1.54, 1.807) is 0 Å². The Morgan fingerprint density at radius 1 is 1.39 bits per heavy atom. The van der Waals surface area contributed by atoms with Crippen molar-refractivity contribution in [3.05, 3.63) is 0 Å². The Labute approximate surface area is 134 Å². The molecular weight excluding hydrogens is 347 g/mol. The largest absolute Gasteiger partial charge is 0.490 e. The summed E-state index contributed by atoms with van der Waals surface area (Å²) in [6, 6.07) is -0.700. The molecule has 0 saturated heterocycles. The van der Waals surface area contributed by atoms with Gasteiger partial charge in [-0.3, -0.25) is 9.79 Å². The minimum atomic E-state index is -5.08. The predicted molar refractivity (Wildman–Crippen MR) is 75.1 cm³/mol. The summed E-state index contributed by atoms with van der Waals surface area (Å²) in [7, 11) is 1.26. The fourth-order valence-corrected chi connectivity index (χ4v) is 1.10. The van der Waals surface area contributed by atoms with Crippen molar-refractivity contribution in [3.63, 3.8) is 0 Å². The number of carboxylic acid groups (broad SMARTS) is 1. The molecular formula is C11H17ClF3N3O5. The molecule has 0 spiro atoms. The molecule has 0 aliphatic carbocycles. The standard InChI is InChI=1S/C9H16ClN3O3.C2HF3O2/c1-6(14)13-7(9(15)16-2)3-4-12-8(11)5-10;3-2(4,5)1(6)7/h7H,3-5H2,1-2H3,(H2,11,12)(H,13,14);(H,6,7)/t7-;/m0./s1. The molecule has 8 nitrogen and oxygen atoms in total. The first-order valence-corrected chi connectivity index (χ1v) is 6.48. The van der Waals surface area contributed by atoms with E-state index in [4.69, 9.17) is 27.2 Å². The summed E-state index contributed by atoms with van der Waals surface area (Å²) >= 11 is 5.42. The minimum Gasteiger partial charge on any atom is -0.475 e. The summed E-state index contributed by atoms with van der Waals surface area (Å²) in [6.07, 6.45) is -4.76. The zero-order chi connectivity index (χ0) is 18.6. The Hall–Kier alpha value is -2.04. The smallest absolute Gasteiger partial charge is 0.475 e. The fourth-order valence-electron chi connectivity index (χ4n) is 1.02. The third-order valence-corrected chi connectivity index (χ3v) is 2.25. The van der Waals surface area contributed by atoms with Crippen molar-refractivity contribution in [2.24, 2.45) is 10.7 Å². The van der Waals surface area contributed by atoms with E-state index in [0.717, 1.165) is 0 Å². The number of nitrogens with zero attached hydrogens (tertiary/aromatic N) is 1. The highest BCUT2D eigenvalue weighted by Gasteiger charge is 2.38. The average Bonchev–Trinajstić information content (AvgIpc) is 2.44. The maximum Gasteiger partial charge on any atom is 0.490 e. The summed E-state index contributed by atoms with van der Waals surface area (Å²) in [4.78, 5) is 34.9. The first-order valence-electron chi connectivity index (χ1n) is 5.95. The summed E-state index contributed by atoms with van der Waals surface area (Å²) in [5.74, 6) is -3.12. The molecule has 0 aliphatic rings. The normalized spacial score (nSPS) is 12.5. The molecule has 1 atom stereocenters. The molecule has 4 N–H and O–H groups in total. The summed E-state index contributed by atoms with van der Waals surface area (Å²) < 4.78 is 36.3. The van der Waals surface area contributed by atoms with Crippen LogP contribution < -0.4 is 11.1 Å². The van der Waals surface area contributed by atoms with Crippen molar-refractivity contribution in [1.82, 2.24) is 5.32 Å². The number of alkyl halides is 4. The summed E-state index contributed by atoms with van der Waals surface area (Å²) in [5.41, 5.74) is 5.38. The Balaban J connectivity index is 0. The molecule has 23 heavy (non-hydrogen) atoms. The van der Waals surface area contributed by atoms with Gasteiger partial charge in [-0.05, 0) is 6.42 Å². The number of esters is 1. The molecule has 0 heterocycles. The van der Waals surface area contributed by atoms with E-state index in [9.17, 15) is 22.8 Å². The number of amidine groups is 1. The molecule has 0 unspecified atom stereocenters. The highest BCUT2D eigenvalue weighted by molar-refractivity contribution is 6.27. The van der Waals surface area contributed by atoms with Gasteiger partial charge in [0, 0.05) is 13.5 Å². The number of nitrogens with one attached hydrogen (secondary N) is 1. The lowest BCUT2D eigenvalue weighted by Crippen LogP contribution is -2.41. The van der Waals surface area contributed by atoms with Crippen LogP contribution in [0.1, 0.15) is 13.3 Å². The van der Waals surface area contributed by atoms with Crippen LogP contribution in [0.2, 0.25) is 0 Å². The highest BCUT2D eigenvalue weighted by Crippen LogP contribution is 2.13. The number of hydrogen-bond acceptors (Lipinski definition) is 5. The monoisotopic (exact) mass is 363 g/mol. The minimum absolute atomic E-state index is 0.142. The average molecular weight is 364 g/mol. The zero-order valence-electron chi connectivity index (χ0n) is 12.3. The Bertz CT molecular complexity index is 443.